The Morgan fingerprint density at radius 2 is 1.96 bits per heavy atom. The van der Waals surface area contributed by atoms with Gasteiger partial charge in [-0.05, 0) is 36.2 Å². The van der Waals surface area contributed by atoms with E-state index < -0.39 is 5.41 Å². The number of anilines is 2. The lowest BCUT2D eigenvalue weighted by Crippen LogP contribution is -2.38. The predicted octanol–water partition coefficient (Wildman–Crippen LogP) is 4.59. The Morgan fingerprint density at radius 1 is 1.21 bits per heavy atom. The third-order valence-electron chi connectivity index (χ3n) is 3.92. The van der Waals surface area contributed by atoms with Crippen LogP contribution < -0.4 is 10.2 Å². The van der Waals surface area contributed by atoms with Crippen molar-refractivity contribution in [2.24, 2.45) is 5.41 Å². The molecular weight excluding hydrogens is 344 g/mol. The molecule has 0 saturated heterocycles. The molecule has 2 heterocycles. The summed E-state index contributed by atoms with van der Waals surface area (Å²) in [7, 11) is 0. The third-order valence-corrected chi connectivity index (χ3v) is 5.15. The number of amides is 2. The van der Waals surface area contributed by atoms with Gasteiger partial charge in [-0.1, -0.05) is 38.4 Å². The van der Waals surface area contributed by atoms with Crippen LogP contribution in [-0.4, -0.2) is 18.4 Å². The highest BCUT2D eigenvalue weighted by molar-refractivity contribution is 7.18. The Balaban J connectivity index is 1.83. The first-order valence-corrected chi connectivity index (χ1v) is 8.97. The molecule has 0 unspecified atom stereocenters. The zero-order valence-electron chi connectivity index (χ0n) is 13.9. The zero-order chi connectivity index (χ0) is 17.5. The van der Waals surface area contributed by atoms with Crippen LogP contribution in [0.25, 0.3) is 0 Å². The molecule has 1 aliphatic heterocycles. The highest BCUT2D eigenvalue weighted by atomic mass is 35.5. The number of nitrogens with one attached hydrogen (secondary N) is 1. The molecule has 0 atom stereocenters. The fourth-order valence-electron chi connectivity index (χ4n) is 2.70. The van der Waals surface area contributed by atoms with Gasteiger partial charge in [0, 0.05) is 23.3 Å². The molecule has 24 heavy (non-hydrogen) atoms. The number of nitrogens with zero attached hydrogens (tertiary/aromatic N) is 1. The number of halogens is 1. The van der Waals surface area contributed by atoms with Crippen molar-refractivity contribution in [3.05, 3.63) is 45.1 Å². The molecular formula is C18H19ClN2O2S. The van der Waals surface area contributed by atoms with Crippen molar-refractivity contribution in [2.45, 2.75) is 27.2 Å². The quantitative estimate of drug-likeness (QED) is 0.849. The van der Waals surface area contributed by atoms with Crippen molar-refractivity contribution in [1.82, 2.24) is 0 Å². The van der Waals surface area contributed by atoms with Crippen LogP contribution in [0, 0.1) is 5.41 Å². The first-order chi connectivity index (χ1) is 11.3. The number of rotatable bonds is 2. The molecule has 0 saturated carbocycles. The van der Waals surface area contributed by atoms with Crippen LogP contribution in [-0.2, 0) is 11.2 Å². The molecule has 0 bridgehead atoms. The van der Waals surface area contributed by atoms with Gasteiger partial charge in [-0.3, -0.25) is 9.59 Å². The number of hydrogen-bond donors (Lipinski definition) is 1. The maximum absolute atomic E-state index is 12.6. The molecule has 0 fully saturated rings. The van der Waals surface area contributed by atoms with Crippen LogP contribution >= 0.6 is 22.9 Å². The van der Waals surface area contributed by atoms with Gasteiger partial charge in [-0.15, -0.1) is 11.3 Å². The molecule has 1 N–H and O–H groups in total. The summed E-state index contributed by atoms with van der Waals surface area (Å²) in [4.78, 5) is 27.2. The second kappa shape index (κ2) is 6.22. The highest BCUT2D eigenvalue weighted by Gasteiger charge is 2.32. The second-order valence-electron chi connectivity index (χ2n) is 6.86. The predicted molar refractivity (Wildman–Crippen MR) is 99.2 cm³/mol. The molecule has 1 aromatic heterocycles. The molecule has 2 aromatic rings. The maximum Gasteiger partial charge on any atom is 0.265 e. The van der Waals surface area contributed by atoms with Gasteiger partial charge in [-0.2, -0.15) is 0 Å². The normalized spacial score (nSPS) is 13.8. The Kier molecular flexibility index (Phi) is 4.40. The summed E-state index contributed by atoms with van der Waals surface area (Å²) in [5, 5.41) is 2.87. The Morgan fingerprint density at radius 3 is 2.58 bits per heavy atom. The van der Waals surface area contributed by atoms with Crippen LogP contribution in [0.2, 0.25) is 4.34 Å². The standard InChI is InChI=1S/C18H19ClN2O2S/c1-18(2,3)17(23)21-9-8-11-4-5-12(10-13(11)21)20-16(22)14-6-7-15(19)24-14/h4-7,10H,8-9H2,1-3H3,(H,20,22). The van der Waals surface area contributed by atoms with E-state index in [0.29, 0.717) is 21.4 Å². The average molecular weight is 363 g/mol. The van der Waals surface area contributed by atoms with E-state index in [2.05, 4.69) is 5.32 Å². The molecule has 2 amide bonds. The van der Waals surface area contributed by atoms with Crippen molar-refractivity contribution >= 4 is 46.1 Å². The Labute approximate surface area is 150 Å². The smallest absolute Gasteiger partial charge is 0.265 e. The summed E-state index contributed by atoms with van der Waals surface area (Å²) in [6.07, 6.45) is 0.839. The summed E-state index contributed by atoms with van der Waals surface area (Å²) in [5.74, 6) is -0.103. The monoisotopic (exact) mass is 362 g/mol. The first kappa shape index (κ1) is 17.0. The van der Waals surface area contributed by atoms with Crippen molar-refractivity contribution in [3.63, 3.8) is 0 Å². The van der Waals surface area contributed by atoms with Gasteiger partial charge in [0.25, 0.3) is 5.91 Å². The molecule has 4 nitrogen and oxygen atoms in total. The number of thiophene rings is 1. The van der Waals surface area contributed by atoms with E-state index in [1.54, 1.807) is 12.1 Å². The van der Waals surface area contributed by atoms with E-state index in [-0.39, 0.29) is 11.8 Å². The SMILES string of the molecule is CC(C)(C)C(=O)N1CCc2ccc(NC(=O)c3ccc(Cl)s3)cc21. The van der Waals surface area contributed by atoms with E-state index in [4.69, 9.17) is 11.6 Å². The topological polar surface area (TPSA) is 49.4 Å². The molecule has 0 radical (unpaired) electrons. The highest BCUT2D eigenvalue weighted by Crippen LogP contribution is 2.34. The molecule has 0 spiro atoms. The Hall–Kier alpha value is -1.85. The minimum absolute atomic E-state index is 0.0924. The molecule has 3 rings (SSSR count). The van der Waals surface area contributed by atoms with Gasteiger partial charge in [0.1, 0.15) is 0 Å². The lowest BCUT2D eigenvalue weighted by Gasteiger charge is -2.26. The van der Waals surface area contributed by atoms with Crippen molar-refractivity contribution in [2.75, 3.05) is 16.8 Å². The summed E-state index contributed by atoms with van der Waals surface area (Å²) in [6, 6.07) is 9.12. The zero-order valence-corrected chi connectivity index (χ0v) is 15.4. The Bertz CT molecular complexity index is 808. The number of fused-ring (bicyclic) bond motifs is 1. The van der Waals surface area contributed by atoms with Crippen LogP contribution in [0.4, 0.5) is 11.4 Å². The lowest BCUT2D eigenvalue weighted by molar-refractivity contribution is -0.125. The van der Waals surface area contributed by atoms with Crippen molar-refractivity contribution in [1.29, 1.82) is 0 Å². The van der Waals surface area contributed by atoms with E-state index in [0.717, 1.165) is 17.7 Å². The van der Waals surface area contributed by atoms with E-state index >= 15 is 0 Å². The molecule has 1 aromatic carbocycles. The van der Waals surface area contributed by atoms with Gasteiger partial charge in [0.05, 0.1) is 9.21 Å². The molecule has 0 aliphatic carbocycles. The summed E-state index contributed by atoms with van der Waals surface area (Å²) in [6.45, 7) is 6.43. The van der Waals surface area contributed by atoms with E-state index in [9.17, 15) is 9.59 Å². The van der Waals surface area contributed by atoms with Crippen LogP contribution in [0.1, 0.15) is 36.0 Å². The second-order valence-corrected chi connectivity index (χ2v) is 8.57. The lowest BCUT2D eigenvalue weighted by atomic mass is 9.94. The third kappa shape index (κ3) is 3.32. The van der Waals surface area contributed by atoms with Gasteiger partial charge in [0.2, 0.25) is 5.91 Å². The number of benzene rings is 1. The number of carbonyl (C=O) groups excluding carboxylic acids is 2. The number of hydrogen-bond acceptors (Lipinski definition) is 3. The minimum Gasteiger partial charge on any atom is -0.321 e. The molecule has 1 aliphatic rings. The van der Waals surface area contributed by atoms with Gasteiger partial charge in [-0.25, -0.2) is 0 Å². The first-order valence-electron chi connectivity index (χ1n) is 7.77. The molecule has 6 heteroatoms. The van der Waals surface area contributed by atoms with Gasteiger partial charge < -0.3 is 10.2 Å². The van der Waals surface area contributed by atoms with Crippen LogP contribution in [0.5, 0.6) is 0 Å². The minimum atomic E-state index is -0.436. The van der Waals surface area contributed by atoms with Gasteiger partial charge >= 0.3 is 0 Å². The summed E-state index contributed by atoms with van der Waals surface area (Å²) >= 11 is 7.11. The molecule has 126 valence electrons. The maximum atomic E-state index is 12.6. The summed E-state index contributed by atoms with van der Waals surface area (Å²) < 4.78 is 0.580. The summed E-state index contributed by atoms with van der Waals surface area (Å²) in [5.41, 5.74) is 2.26. The van der Waals surface area contributed by atoms with Crippen LogP contribution in [0.3, 0.4) is 0 Å². The van der Waals surface area contributed by atoms with Crippen LogP contribution in [0.15, 0.2) is 30.3 Å². The van der Waals surface area contributed by atoms with E-state index in [1.165, 1.54) is 11.3 Å². The average Bonchev–Trinajstić information content (AvgIpc) is 3.11. The van der Waals surface area contributed by atoms with Crippen molar-refractivity contribution < 1.29 is 9.59 Å². The van der Waals surface area contributed by atoms with Crippen molar-refractivity contribution in [3.8, 4) is 0 Å². The fourth-order valence-corrected chi connectivity index (χ4v) is 3.64. The fraction of sp³-hybridized carbons (Fsp3) is 0.333. The number of carbonyl (C=O) groups is 2. The van der Waals surface area contributed by atoms with E-state index in [1.807, 2.05) is 43.9 Å². The largest absolute Gasteiger partial charge is 0.321 e. The van der Waals surface area contributed by atoms with Gasteiger partial charge in [0.15, 0.2) is 0 Å².